The van der Waals surface area contributed by atoms with E-state index in [1.807, 2.05) is 12.1 Å². The zero-order valence-corrected chi connectivity index (χ0v) is 10.9. The lowest BCUT2D eigenvalue weighted by Crippen LogP contribution is -2.02. The predicted octanol–water partition coefficient (Wildman–Crippen LogP) is 3.57. The molecule has 0 atom stereocenters. The zero-order valence-electron chi connectivity index (χ0n) is 10.1. The second-order valence-electron chi connectivity index (χ2n) is 3.83. The van der Waals surface area contributed by atoms with Gasteiger partial charge in [0, 0.05) is 12.6 Å². The van der Waals surface area contributed by atoms with Gasteiger partial charge in [0.05, 0.1) is 10.7 Å². The van der Waals surface area contributed by atoms with Crippen LogP contribution < -0.4 is 10.5 Å². The van der Waals surface area contributed by atoms with Crippen LogP contribution in [0.15, 0.2) is 43.0 Å². The van der Waals surface area contributed by atoms with Gasteiger partial charge in [-0.25, -0.2) is 0 Å². The van der Waals surface area contributed by atoms with Crippen molar-refractivity contribution in [2.24, 2.45) is 0 Å². The van der Waals surface area contributed by atoms with Crippen LogP contribution in [0.25, 0.3) is 0 Å². The molecule has 0 fully saturated rings. The first-order valence-electron chi connectivity index (χ1n) is 5.59. The first-order valence-corrected chi connectivity index (χ1v) is 5.97. The van der Waals surface area contributed by atoms with Crippen LogP contribution in [0, 0.1) is 11.3 Å². The van der Waals surface area contributed by atoms with Gasteiger partial charge in [0.2, 0.25) is 5.88 Å². The molecule has 2 rings (SSSR count). The van der Waals surface area contributed by atoms with E-state index in [0.29, 0.717) is 34.6 Å². The van der Waals surface area contributed by atoms with Crippen molar-refractivity contribution in [1.82, 2.24) is 4.57 Å². The number of allylic oxidation sites excluding steroid dienone is 1. The molecule has 0 amide bonds. The van der Waals surface area contributed by atoms with Crippen molar-refractivity contribution < 1.29 is 4.74 Å². The molecule has 2 aromatic rings. The van der Waals surface area contributed by atoms with Crippen LogP contribution in [-0.2, 0) is 6.54 Å². The molecule has 1 aromatic carbocycles. The Bertz CT molecular complexity index is 655. The highest BCUT2D eigenvalue weighted by atomic mass is 35.5. The van der Waals surface area contributed by atoms with Gasteiger partial charge in [-0.3, -0.25) is 4.57 Å². The maximum atomic E-state index is 9.06. The molecule has 0 aliphatic rings. The molecule has 0 unspecified atom stereocenters. The summed E-state index contributed by atoms with van der Waals surface area (Å²) < 4.78 is 7.36. The van der Waals surface area contributed by atoms with E-state index in [4.69, 9.17) is 27.3 Å². The monoisotopic (exact) mass is 273 g/mol. The van der Waals surface area contributed by atoms with Gasteiger partial charge in [0.25, 0.3) is 0 Å². The number of nitrogens with two attached hydrogens (primary N) is 1. The van der Waals surface area contributed by atoms with E-state index < -0.39 is 0 Å². The first-order chi connectivity index (χ1) is 9.17. The number of benzene rings is 1. The molecule has 1 aromatic heterocycles. The van der Waals surface area contributed by atoms with Crippen LogP contribution >= 0.6 is 11.6 Å². The maximum absolute atomic E-state index is 9.06. The van der Waals surface area contributed by atoms with Crippen molar-refractivity contribution >= 4 is 17.3 Å². The van der Waals surface area contributed by atoms with Crippen LogP contribution in [0.1, 0.15) is 5.69 Å². The van der Waals surface area contributed by atoms with Gasteiger partial charge < -0.3 is 10.5 Å². The molecule has 5 heteroatoms. The number of aromatic nitrogens is 1. The molecular weight excluding hydrogens is 262 g/mol. The summed E-state index contributed by atoms with van der Waals surface area (Å²) in [4.78, 5) is 0. The lowest BCUT2D eigenvalue weighted by molar-refractivity contribution is 0.439. The van der Waals surface area contributed by atoms with Crippen LogP contribution in [0.2, 0.25) is 5.02 Å². The van der Waals surface area contributed by atoms with E-state index in [1.54, 1.807) is 28.8 Å². The van der Waals surface area contributed by atoms with Crippen LogP contribution in [-0.4, -0.2) is 4.57 Å². The van der Waals surface area contributed by atoms with Crippen LogP contribution in [0.4, 0.5) is 5.69 Å². The number of anilines is 1. The molecule has 0 radical (unpaired) electrons. The number of nitrogens with zero attached hydrogens (tertiary/aromatic N) is 2. The zero-order chi connectivity index (χ0) is 13.8. The molecule has 4 nitrogen and oxygen atoms in total. The molecular formula is C14H12ClN3O. The highest BCUT2D eigenvalue weighted by molar-refractivity contribution is 6.32. The number of nitriles is 1. The SMILES string of the molecule is C=CCn1c(C#N)cc(N)c1Oc1ccccc1Cl. The largest absolute Gasteiger partial charge is 0.437 e. The Labute approximate surface area is 116 Å². The molecule has 0 aliphatic heterocycles. The third-order valence-electron chi connectivity index (χ3n) is 2.54. The van der Waals surface area contributed by atoms with E-state index in [9.17, 15) is 0 Å². The number of hydrogen-bond acceptors (Lipinski definition) is 3. The normalized spacial score (nSPS) is 9.89. The highest BCUT2D eigenvalue weighted by Gasteiger charge is 2.15. The predicted molar refractivity (Wildman–Crippen MR) is 75.3 cm³/mol. The van der Waals surface area contributed by atoms with Crippen molar-refractivity contribution in [2.75, 3.05) is 5.73 Å². The number of para-hydroxylation sites is 1. The van der Waals surface area contributed by atoms with Gasteiger partial charge in [-0.2, -0.15) is 5.26 Å². The van der Waals surface area contributed by atoms with Crippen molar-refractivity contribution in [1.29, 1.82) is 5.26 Å². The second kappa shape index (κ2) is 5.51. The van der Waals surface area contributed by atoms with Crippen molar-refractivity contribution in [3.05, 3.63) is 53.7 Å². The molecule has 0 spiro atoms. The summed E-state index contributed by atoms with van der Waals surface area (Å²) in [6.45, 7) is 4.08. The number of halogens is 1. The lowest BCUT2D eigenvalue weighted by Gasteiger charge is -2.11. The topological polar surface area (TPSA) is 64.0 Å². The number of nitrogen functional groups attached to an aromatic ring is 1. The number of rotatable bonds is 4. The summed E-state index contributed by atoms with van der Waals surface area (Å²) in [6, 6.07) is 10.7. The highest BCUT2D eigenvalue weighted by Crippen LogP contribution is 2.34. The second-order valence-corrected chi connectivity index (χ2v) is 4.24. The molecule has 0 saturated carbocycles. The van der Waals surface area contributed by atoms with Crippen molar-refractivity contribution in [2.45, 2.75) is 6.54 Å². The average Bonchev–Trinajstić information content (AvgIpc) is 2.70. The molecule has 0 bridgehead atoms. The fraction of sp³-hybridized carbons (Fsp3) is 0.0714. The lowest BCUT2D eigenvalue weighted by atomic mass is 10.3. The minimum absolute atomic E-state index is 0.387. The summed E-state index contributed by atoms with van der Waals surface area (Å²) in [7, 11) is 0. The van der Waals surface area contributed by atoms with Gasteiger partial charge in [0.1, 0.15) is 17.5 Å². The summed E-state index contributed by atoms with van der Waals surface area (Å²) in [5.74, 6) is 0.883. The van der Waals surface area contributed by atoms with Crippen LogP contribution in [0.3, 0.4) is 0 Å². The summed E-state index contributed by atoms with van der Waals surface area (Å²) >= 11 is 6.04. The fourth-order valence-corrected chi connectivity index (χ4v) is 1.88. The van der Waals surface area contributed by atoms with Crippen molar-refractivity contribution in [3.8, 4) is 17.7 Å². The quantitative estimate of drug-likeness (QED) is 0.866. The Morgan fingerprint density at radius 1 is 1.47 bits per heavy atom. The van der Waals surface area contributed by atoms with Gasteiger partial charge in [-0.15, -0.1) is 6.58 Å². The van der Waals surface area contributed by atoms with E-state index in [-0.39, 0.29) is 0 Å². The molecule has 2 N–H and O–H groups in total. The first kappa shape index (κ1) is 13.1. The van der Waals surface area contributed by atoms with E-state index >= 15 is 0 Å². The number of ether oxygens (including phenoxy) is 1. The third kappa shape index (κ3) is 2.56. The standard InChI is InChI=1S/C14H12ClN3O/c1-2-7-18-10(9-16)8-12(17)14(18)19-13-6-4-3-5-11(13)15/h2-6,8H,1,7,17H2. The molecule has 1 heterocycles. The Morgan fingerprint density at radius 3 is 2.84 bits per heavy atom. The molecule has 19 heavy (non-hydrogen) atoms. The molecule has 0 saturated heterocycles. The molecule has 96 valence electrons. The van der Waals surface area contributed by atoms with Gasteiger partial charge >= 0.3 is 0 Å². The van der Waals surface area contributed by atoms with E-state index in [1.165, 1.54) is 0 Å². The Balaban J connectivity index is 2.45. The smallest absolute Gasteiger partial charge is 0.224 e. The number of hydrogen-bond donors (Lipinski definition) is 1. The Kier molecular flexibility index (Phi) is 3.79. The van der Waals surface area contributed by atoms with E-state index in [0.717, 1.165) is 0 Å². The maximum Gasteiger partial charge on any atom is 0.224 e. The van der Waals surface area contributed by atoms with Crippen LogP contribution in [0.5, 0.6) is 11.6 Å². The van der Waals surface area contributed by atoms with Gasteiger partial charge in [0.15, 0.2) is 0 Å². The average molecular weight is 274 g/mol. The minimum Gasteiger partial charge on any atom is -0.437 e. The fourth-order valence-electron chi connectivity index (χ4n) is 1.70. The van der Waals surface area contributed by atoms with Gasteiger partial charge in [-0.1, -0.05) is 29.8 Å². The summed E-state index contributed by atoms with van der Waals surface area (Å²) in [5, 5.41) is 9.54. The minimum atomic E-state index is 0.387. The molecule has 0 aliphatic carbocycles. The van der Waals surface area contributed by atoms with Crippen molar-refractivity contribution in [3.63, 3.8) is 0 Å². The van der Waals surface area contributed by atoms with E-state index in [2.05, 4.69) is 12.6 Å². The van der Waals surface area contributed by atoms with Gasteiger partial charge in [-0.05, 0) is 12.1 Å². The summed E-state index contributed by atoms with van der Waals surface area (Å²) in [5.41, 5.74) is 6.68. The summed E-state index contributed by atoms with van der Waals surface area (Å²) in [6.07, 6.45) is 1.67. The Morgan fingerprint density at radius 2 is 2.21 bits per heavy atom. The Hall–Kier alpha value is -2.38. The third-order valence-corrected chi connectivity index (χ3v) is 2.86.